The first kappa shape index (κ1) is 13.5. The summed E-state index contributed by atoms with van der Waals surface area (Å²) in [6.45, 7) is 4.10. The van der Waals surface area contributed by atoms with E-state index in [0.717, 1.165) is 9.79 Å². The average Bonchev–Trinajstić information content (AvgIpc) is 2.32. The lowest BCUT2D eigenvalue weighted by atomic mass is 10.2. The quantitative estimate of drug-likeness (QED) is 0.843. The Labute approximate surface area is 117 Å². The Balaban J connectivity index is 2.42. The van der Waals surface area contributed by atoms with Gasteiger partial charge in [0.1, 0.15) is 0 Å². The molecule has 0 aliphatic rings. The van der Waals surface area contributed by atoms with E-state index in [9.17, 15) is 4.79 Å². The van der Waals surface area contributed by atoms with Crippen molar-refractivity contribution in [1.29, 1.82) is 0 Å². The maximum absolute atomic E-state index is 11.4. The predicted molar refractivity (Wildman–Crippen MR) is 79.4 cm³/mol. The molecule has 98 valence electrons. The number of benzene rings is 2. The first-order valence-corrected chi connectivity index (χ1v) is 6.73. The highest BCUT2D eigenvalue weighted by Crippen LogP contribution is 2.34. The SMILES string of the molecule is Cc1ccc(Sc2cc(N)ccc2C(N)=O)c(C)c1. The smallest absolute Gasteiger partial charge is 0.249 e. The number of hydrogen-bond donors (Lipinski definition) is 2. The van der Waals surface area contributed by atoms with Crippen LogP contribution in [-0.4, -0.2) is 5.91 Å². The number of anilines is 1. The lowest BCUT2D eigenvalue weighted by Gasteiger charge is -2.10. The summed E-state index contributed by atoms with van der Waals surface area (Å²) in [6, 6.07) is 11.3. The van der Waals surface area contributed by atoms with E-state index in [1.807, 2.05) is 19.1 Å². The van der Waals surface area contributed by atoms with Crippen molar-refractivity contribution in [2.45, 2.75) is 23.6 Å². The van der Waals surface area contributed by atoms with Gasteiger partial charge in [-0.2, -0.15) is 0 Å². The third-order valence-electron chi connectivity index (χ3n) is 2.82. The molecule has 0 atom stereocenters. The van der Waals surface area contributed by atoms with Crippen LogP contribution < -0.4 is 11.5 Å². The Morgan fingerprint density at radius 1 is 1.05 bits per heavy atom. The molecule has 0 aliphatic heterocycles. The molecule has 1 amide bonds. The van der Waals surface area contributed by atoms with Crippen LogP contribution in [0.25, 0.3) is 0 Å². The van der Waals surface area contributed by atoms with Crippen LogP contribution in [0.15, 0.2) is 46.2 Å². The lowest BCUT2D eigenvalue weighted by molar-refractivity contribution is 0.0997. The highest BCUT2D eigenvalue weighted by atomic mass is 32.2. The molecule has 0 radical (unpaired) electrons. The van der Waals surface area contributed by atoms with Crippen molar-refractivity contribution in [3.8, 4) is 0 Å². The molecule has 0 heterocycles. The van der Waals surface area contributed by atoms with Crippen LogP contribution in [0.5, 0.6) is 0 Å². The summed E-state index contributed by atoms with van der Waals surface area (Å²) in [6.07, 6.45) is 0. The van der Waals surface area contributed by atoms with E-state index in [0.29, 0.717) is 11.3 Å². The fourth-order valence-electron chi connectivity index (χ4n) is 1.86. The zero-order valence-corrected chi connectivity index (χ0v) is 11.8. The van der Waals surface area contributed by atoms with Crippen molar-refractivity contribution >= 4 is 23.4 Å². The number of primary amides is 1. The third-order valence-corrected chi connectivity index (χ3v) is 4.06. The second-order valence-corrected chi connectivity index (χ2v) is 5.57. The van der Waals surface area contributed by atoms with Crippen LogP contribution in [0.4, 0.5) is 5.69 Å². The standard InChI is InChI=1S/C15H16N2OS/c1-9-3-6-13(10(2)7-9)19-14-8-11(16)4-5-12(14)15(17)18/h3-8H,16H2,1-2H3,(H2,17,18). The van der Waals surface area contributed by atoms with E-state index in [2.05, 4.69) is 13.0 Å². The lowest BCUT2D eigenvalue weighted by Crippen LogP contribution is -2.12. The minimum atomic E-state index is -0.438. The summed E-state index contributed by atoms with van der Waals surface area (Å²) in [7, 11) is 0. The van der Waals surface area contributed by atoms with E-state index in [1.165, 1.54) is 22.9 Å². The van der Waals surface area contributed by atoms with E-state index >= 15 is 0 Å². The Morgan fingerprint density at radius 2 is 1.79 bits per heavy atom. The normalized spacial score (nSPS) is 10.4. The fraction of sp³-hybridized carbons (Fsp3) is 0.133. The number of carbonyl (C=O) groups excluding carboxylic acids is 1. The monoisotopic (exact) mass is 272 g/mol. The van der Waals surface area contributed by atoms with Crippen LogP contribution in [0.1, 0.15) is 21.5 Å². The third kappa shape index (κ3) is 3.09. The first-order chi connectivity index (χ1) is 8.97. The summed E-state index contributed by atoms with van der Waals surface area (Å²) < 4.78 is 0. The first-order valence-electron chi connectivity index (χ1n) is 5.92. The van der Waals surface area contributed by atoms with Gasteiger partial charge in [0.25, 0.3) is 0 Å². The van der Waals surface area contributed by atoms with Gasteiger partial charge >= 0.3 is 0 Å². The number of aryl methyl sites for hydroxylation is 2. The summed E-state index contributed by atoms with van der Waals surface area (Å²) in [5.74, 6) is -0.438. The van der Waals surface area contributed by atoms with Crippen LogP contribution in [-0.2, 0) is 0 Å². The van der Waals surface area contributed by atoms with Crippen molar-refractivity contribution in [1.82, 2.24) is 0 Å². The van der Waals surface area contributed by atoms with E-state index in [1.54, 1.807) is 18.2 Å². The second-order valence-electron chi connectivity index (χ2n) is 4.49. The Morgan fingerprint density at radius 3 is 2.42 bits per heavy atom. The molecule has 0 aromatic heterocycles. The average molecular weight is 272 g/mol. The molecule has 4 heteroatoms. The number of nitrogen functional groups attached to an aromatic ring is 1. The van der Waals surface area contributed by atoms with Gasteiger partial charge in [0, 0.05) is 15.5 Å². The van der Waals surface area contributed by atoms with E-state index in [4.69, 9.17) is 11.5 Å². The van der Waals surface area contributed by atoms with Gasteiger partial charge in [0.05, 0.1) is 5.56 Å². The van der Waals surface area contributed by atoms with Gasteiger partial charge in [-0.25, -0.2) is 0 Å². The summed E-state index contributed by atoms with van der Waals surface area (Å²) >= 11 is 1.51. The van der Waals surface area contributed by atoms with Crippen LogP contribution in [0.2, 0.25) is 0 Å². The van der Waals surface area contributed by atoms with Gasteiger partial charge in [0.2, 0.25) is 5.91 Å². The highest BCUT2D eigenvalue weighted by Gasteiger charge is 2.11. The van der Waals surface area contributed by atoms with Gasteiger partial charge in [-0.05, 0) is 43.7 Å². The number of amides is 1. The molecule has 2 aromatic carbocycles. The Hall–Kier alpha value is -1.94. The molecule has 0 unspecified atom stereocenters. The molecule has 2 rings (SSSR count). The number of hydrogen-bond acceptors (Lipinski definition) is 3. The van der Waals surface area contributed by atoms with Gasteiger partial charge in [-0.3, -0.25) is 4.79 Å². The molecular formula is C15H16N2OS. The maximum atomic E-state index is 11.4. The number of carbonyl (C=O) groups is 1. The topological polar surface area (TPSA) is 69.1 Å². The number of rotatable bonds is 3. The molecule has 0 fully saturated rings. The van der Waals surface area contributed by atoms with Crippen LogP contribution >= 0.6 is 11.8 Å². The molecule has 19 heavy (non-hydrogen) atoms. The Bertz CT molecular complexity index is 638. The molecule has 4 N–H and O–H groups in total. The zero-order valence-electron chi connectivity index (χ0n) is 10.9. The predicted octanol–water partition coefficient (Wildman–Crippen LogP) is 3.14. The minimum absolute atomic E-state index is 0.438. The van der Waals surface area contributed by atoms with Crippen molar-refractivity contribution in [3.05, 3.63) is 53.1 Å². The van der Waals surface area contributed by atoms with Crippen molar-refractivity contribution in [3.63, 3.8) is 0 Å². The molecule has 0 bridgehead atoms. The highest BCUT2D eigenvalue weighted by molar-refractivity contribution is 7.99. The van der Waals surface area contributed by atoms with Gasteiger partial charge in [0.15, 0.2) is 0 Å². The summed E-state index contributed by atoms with van der Waals surface area (Å²) in [4.78, 5) is 13.3. The largest absolute Gasteiger partial charge is 0.399 e. The maximum Gasteiger partial charge on any atom is 0.249 e. The molecule has 0 spiro atoms. The molecule has 0 saturated carbocycles. The van der Waals surface area contributed by atoms with E-state index < -0.39 is 5.91 Å². The van der Waals surface area contributed by atoms with Crippen LogP contribution in [0, 0.1) is 13.8 Å². The summed E-state index contributed by atoms with van der Waals surface area (Å²) in [5.41, 5.74) is 14.7. The zero-order chi connectivity index (χ0) is 14.0. The molecular weight excluding hydrogens is 256 g/mol. The second kappa shape index (κ2) is 5.36. The number of nitrogens with two attached hydrogens (primary N) is 2. The van der Waals surface area contributed by atoms with Gasteiger partial charge < -0.3 is 11.5 Å². The molecule has 0 saturated heterocycles. The molecule has 3 nitrogen and oxygen atoms in total. The fourth-order valence-corrected chi connectivity index (χ4v) is 2.93. The van der Waals surface area contributed by atoms with Gasteiger partial charge in [-0.1, -0.05) is 29.5 Å². The van der Waals surface area contributed by atoms with E-state index in [-0.39, 0.29) is 0 Å². The van der Waals surface area contributed by atoms with Crippen molar-refractivity contribution in [2.75, 3.05) is 5.73 Å². The minimum Gasteiger partial charge on any atom is -0.399 e. The van der Waals surface area contributed by atoms with Gasteiger partial charge in [-0.15, -0.1) is 0 Å². The Kier molecular flexibility index (Phi) is 3.81. The van der Waals surface area contributed by atoms with Crippen molar-refractivity contribution in [2.24, 2.45) is 5.73 Å². The molecule has 2 aromatic rings. The van der Waals surface area contributed by atoms with Crippen LogP contribution in [0.3, 0.4) is 0 Å². The molecule has 0 aliphatic carbocycles. The summed E-state index contributed by atoms with van der Waals surface area (Å²) in [5, 5.41) is 0. The van der Waals surface area contributed by atoms with Crippen molar-refractivity contribution < 1.29 is 4.79 Å².